The number of fused-ring (bicyclic) bond motifs is 3. The zero-order valence-electron chi connectivity index (χ0n) is 24.3. The average molecular weight is 479 g/mol. The summed E-state index contributed by atoms with van der Waals surface area (Å²) in [6.45, 7) is 20.7. The summed E-state index contributed by atoms with van der Waals surface area (Å²) >= 11 is 0. The third kappa shape index (κ3) is 3.87. The highest BCUT2D eigenvalue weighted by molar-refractivity contribution is 5.86. The molecule has 2 aromatic carbocycles. The molecule has 0 heterocycles. The van der Waals surface area contributed by atoms with Crippen molar-refractivity contribution in [3.8, 4) is 11.1 Å². The maximum atomic E-state index is 2.41. The summed E-state index contributed by atoms with van der Waals surface area (Å²) in [6, 6.07) is 0. The molecule has 0 nitrogen and oxygen atoms in total. The molecular formula is C36H46. The van der Waals surface area contributed by atoms with E-state index in [1.165, 1.54) is 87.7 Å². The first-order valence-corrected chi connectivity index (χ1v) is 14.4. The minimum atomic E-state index is 0.828. The molecule has 0 bridgehead atoms. The number of benzene rings is 2. The summed E-state index contributed by atoms with van der Waals surface area (Å²) in [7, 11) is 0. The monoisotopic (exact) mass is 478 g/mol. The molecule has 0 fully saturated rings. The summed E-state index contributed by atoms with van der Waals surface area (Å²) in [5.74, 6) is 2.69. The van der Waals surface area contributed by atoms with Gasteiger partial charge >= 0.3 is 0 Å². The molecule has 2 aromatic rings. The Morgan fingerprint density at radius 3 is 1.72 bits per heavy atom. The zero-order valence-corrected chi connectivity index (χ0v) is 24.3. The van der Waals surface area contributed by atoms with Crippen LogP contribution in [0.1, 0.15) is 94.7 Å². The molecule has 0 spiro atoms. The fourth-order valence-corrected chi connectivity index (χ4v) is 7.77. The molecule has 4 aliphatic rings. The Morgan fingerprint density at radius 2 is 1.19 bits per heavy atom. The molecule has 0 heteroatoms. The molecule has 36 heavy (non-hydrogen) atoms. The van der Waals surface area contributed by atoms with Gasteiger partial charge in [0, 0.05) is 0 Å². The lowest BCUT2D eigenvalue weighted by Crippen LogP contribution is -2.16. The lowest BCUT2D eigenvalue weighted by Gasteiger charge is -2.26. The summed E-state index contributed by atoms with van der Waals surface area (Å²) in [5, 5.41) is 0. The molecule has 0 amide bonds. The van der Waals surface area contributed by atoms with E-state index < -0.39 is 0 Å². The van der Waals surface area contributed by atoms with Crippen LogP contribution in [0.25, 0.3) is 11.1 Å². The van der Waals surface area contributed by atoms with Gasteiger partial charge in [-0.1, -0.05) is 36.8 Å². The second-order valence-corrected chi connectivity index (χ2v) is 12.3. The van der Waals surface area contributed by atoms with Gasteiger partial charge < -0.3 is 0 Å². The lowest BCUT2D eigenvalue weighted by atomic mass is 9.78. The van der Waals surface area contributed by atoms with E-state index in [0.29, 0.717) is 0 Å². The van der Waals surface area contributed by atoms with Gasteiger partial charge in [0.15, 0.2) is 0 Å². The molecule has 0 saturated heterocycles. The van der Waals surface area contributed by atoms with Gasteiger partial charge in [0.2, 0.25) is 0 Å². The van der Waals surface area contributed by atoms with Crippen molar-refractivity contribution in [3.63, 3.8) is 0 Å². The average Bonchev–Trinajstić information content (AvgIpc) is 3.60. The molecule has 4 aliphatic carbocycles. The van der Waals surface area contributed by atoms with Crippen molar-refractivity contribution in [1.82, 2.24) is 0 Å². The van der Waals surface area contributed by atoms with Crippen molar-refractivity contribution in [1.29, 1.82) is 0 Å². The van der Waals surface area contributed by atoms with E-state index in [1.54, 1.807) is 22.3 Å². The second kappa shape index (κ2) is 9.51. The van der Waals surface area contributed by atoms with Gasteiger partial charge in [0.1, 0.15) is 0 Å². The van der Waals surface area contributed by atoms with Gasteiger partial charge in [-0.25, -0.2) is 0 Å². The zero-order chi connectivity index (χ0) is 25.9. The quantitative estimate of drug-likeness (QED) is 0.305. The van der Waals surface area contributed by atoms with Gasteiger partial charge in [-0.15, -0.1) is 0 Å². The summed E-state index contributed by atoms with van der Waals surface area (Å²) < 4.78 is 0. The summed E-state index contributed by atoms with van der Waals surface area (Å²) in [4.78, 5) is 0. The topological polar surface area (TPSA) is 0 Å². The van der Waals surface area contributed by atoms with Crippen LogP contribution in [-0.4, -0.2) is 0 Å². The van der Waals surface area contributed by atoms with Crippen LogP contribution in [0.3, 0.4) is 0 Å². The molecular weight excluding hydrogens is 432 g/mol. The Bertz CT molecular complexity index is 1260. The van der Waals surface area contributed by atoms with E-state index in [2.05, 4.69) is 86.6 Å². The van der Waals surface area contributed by atoms with E-state index in [4.69, 9.17) is 0 Å². The number of allylic oxidation sites excluding steroid dienone is 6. The van der Waals surface area contributed by atoms with Gasteiger partial charge in [-0.05, 0) is 184 Å². The first-order chi connectivity index (χ1) is 17.1. The highest BCUT2D eigenvalue weighted by Crippen LogP contribution is 2.49. The van der Waals surface area contributed by atoms with Gasteiger partial charge in [-0.2, -0.15) is 0 Å². The van der Waals surface area contributed by atoms with E-state index in [-0.39, 0.29) is 0 Å². The SMILES string of the molecule is CC1CC(C2CC=CCC2)C2=C1C=CC2.Cc1c(C)c(C)c2c(c1C)Cc1c(C)c(C)c(C)c(C)c1-2. The second-order valence-electron chi connectivity index (χ2n) is 12.3. The smallest absolute Gasteiger partial charge is 0.000778 e. The number of hydrogen-bond acceptors (Lipinski definition) is 0. The van der Waals surface area contributed by atoms with E-state index in [9.17, 15) is 0 Å². The van der Waals surface area contributed by atoms with Crippen molar-refractivity contribution in [3.05, 3.63) is 91.1 Å². The standard InChI is InChI=1S/C21H26.C15H20/c1-10-12(3)16(7)20-18(14(10)5)9-19-15(6)11(2)13(4)17(8)21(19)20;1-11-10-15(12-6-3-2-4-7-12)14-9-5-8-13(11)14/h9H2,1-8H3;2-3,5,8,11-12,15H,4,6-7,9-10H2,1H3. The number of rotatable bonds is 1. The third-order valence-electron chi connectivity index (χ3n) is 10.7. The van der Waals surface area contributed by atoms with Crippen molar-refractivity contribution in [2.24, 2.45) is 17.8 Å². The Labute approximate surface area is 220 Å². The van der Waals surface area contributed by atoms with Crippen LogP contribution in [0, 0.1) is 73.1 Å². The largest absolute Gasteiger partial charge is 0.0885 e. The molecule has 0 aromatic heterocycles. The molecule has 190 valence electrons. The van der Waals surface area contributed by atoms with Gasteiger partial charge in [0.25, 0.3) is 0 Å². The van der Waals surface area contributed by atoms with Crippen LogP contribution >= 0.6 is 0 Å². The summed E-state index contributed by atoms with van der Waals surface area (Å²) in [6.07, 6.45) is 17.4. The van der Waals surface area contributed by atoms with Crippen molar-refractivity contribution < 1.29 is 0 Å². The van der Waals surface area contributed by atoms with Gasteiger partial charge in [-0.3, -0.25) is 0 Å². The third-order valence-corrected chi connectivity index (χ3v) is 10.7. The maximum Gasteiger partial charge on any atom is -0.000778 e. The maximum absolute atomic E-state index is 2.41. The fourth-order valence-electron chi connectivity index (χ4n) is 7.77. The predicted octanol–water partition coefficient (Wildman–Crippen LogP) is 9.98. The molecule has 0 aliphatic heterocycles. The first-order valence-electron chi connectivity index (χ1n) is 14.4. The predicted molar refractivity (Wildman–Crippen MR) is 157 cm³/mol. The number of hydrogen-bond donors (Lipinski definition) is 0. The minimum absolute atomic E-state index is 0.828. The van der Waals surface area contributed by atoms with Crippen LogP contribution in [0.15, 0.2) is 35.5 Å². The molecule has 3 unspecified atom stereocenters. The Morgan fingerprint density at radius 1 is 0.639 bits per heavy atom. The summed E-state index contributed by atoms with van der Waals surface area (Å²) in [5.41, 5.74) is 21.5. The van der Waals surface area contributed by atoms with Crippen LogP contribution in [0.2, 0.25) is 0 Å². The van der Waals surface area contributed by atoms with Crippen LogP contribution < -0.4 is 0 Å². The van der Waals surface area contributed by atoms with E-state index >= 15 is 0 Å². The Kier molecular flexibility index (Phi) is 6.69. The fraction of sp³-hybridized carbons (Fsp3) is 0.500. The minimum Gasteiger partial charge on any atom is -0.0885 e. The Balaban J connectivity index is 0.000000156. The highest BCUT2D eigenvalue weighted by atomic mass is 14.4. The van der Waals surface area contributed by atoms with Crippen LogP contribution in [0.4, 0.5) is 0 Å². The molecule has 0 saturated carbocycles. The molecule has 0 radical (unpaired) electrons. The Hall–Kier alpha value is -2.34. The molecule has 0 N–H and O–H groups in total. The normalized spacial score (nSPS) is 23.5. The molecule has 6 rings (SSSR count). The van der Waals surface area contributed by atoms with Crippen LogP contribution in [0.5, 0.6) is 0 Å². The van der Waals surface area contributed by atoms with Gasteiger partial charge in [0.05, 0.1) is 0 Å². The van der Waals surface area contributed by atoms with Crippen molar-refractivity contribution in [2.75, 3.05) is 0 Å². The van der Waals surface area contributed by atoms with Crippen molar-refractivity contribution >= 4 is 0 Å². The first kappa shape index (κ1) is 25.3. The van der Waals surface area contributed by atoms with E-state index in [1.807, 2.05) is 0 Å². The molecule has 3 atom stereocenters. The van der Waals surface area contributed by atoms with Crippen LogP contribution in [-0.2, 0) is 6.42 Å². The highest BCUT2D eigenvalue weighted by Gasteiger charge is 2.35. The lowest BCUT2D eigenvalue weighted by molar-refractivity contribution is 0.328. The van der Waals surface area contributed by atoms with E-state index in [0.717, 1.165) is 24.2 Å². The van der Waals surface area contributed by atoms with Crippen molar-refractivity contribution in [2.45, 2.75) is 101 Å².